The minimum Gasteiger partial charge on any atom is -0.403 e. The lowest BCUT2D eigenvalue weighted by molar-refractivity contribution is -0.206. The predicted molar refractivity (Wildman–Crippen MR) is 256 cm³/mol. The molecule has 1 N–H and O–H groups in total. The Labute approximate surface area is 376 Å². The monoisotopic (exact) mass is 828 g/mol. The molecule has 0 bridgehead atoms. The molecule has 288 valence electrons. The zero-order valence-electron chi connectivity index (χ0n) is 34.7. The number of hydrogen-bond donors (Lipinski definition) is 1. The van der Waals surface area contributed by atoms with Gasteiger partial charge in [-0.3, -0.25) is 0 Å². The molecule has 2 unspecified atom stereocenters. The maximum Gasteiger partial charge on any atom is 0.418 e. The van der Waals surface area contributed by atoms with Crippen molar-refractivity contribution in [2.45, 2.75) is 69.9 Å². The molecular weight excluding hydrogens is 794 g/mol. The third kappa shape index (κ3) is 20.9. The number of aryl methyl sites for hydroxylation is 2. The van der Waals surface area contributed by atoms with E-state index in [1.54, 1.807) is 37.8 Å². The van der Waals surface area contributed by atoms with Crippen molar-refractivity contribution in [1.29, 1.82) is 0 Å². The van der Waals surface area contributed by atoms with E-state index in [9.17, 15) is 26.3 Å². The number of aliphatic hydroxyl groups excluding tert-OH is 1. The fraction of sp³-hybridized carbons (Fsp3) is 0.282. The molecule has 0 saturated carbocycles. The summed E-state index contributed by atoms with van der Waals surface area (Å²) in [6.07, 6.45) is -9.89. The first kappa shape index (κ1) is 55.9. The van der Waals surface area contributed by atoms with Gasteiger partial charge in [-0.1, -0.05) is 60.0 Å². The molecule has 4 rings (SSSR count). The SMILES string of the molecule is C=C=C=C=C=C=C=C=C=C=C=C=C=C.C[Si](C)(C)OC(c1ccc2c(c1)CC=C2)C(F)(F)F.OC(c1ccc2c(c1)CCC2)C(F)(F)F.[B]B([B])B(B([B])[B])B(B([B])[B])B([B])[B]. The second kappa shape index (κ2) is 27.2. The lowest BCUT2D eigenvalue weighted by Gasteiger charge is -2.34. The van der Waals surface area contributed by atoms with Crippen molar-refractivity contribution in [3.8, 4) is 0 Å². The molecule has 0 fully saturated rings. The highest BCUT2D eigenvalue weighted by molar-refractivity contribution is 8.10. The van der Waals surface area contributed by atoms with Gasteiger partial charge >= 0.3 is 12.4 Å². The van der Waals surface area contributed by atoms with E-state index in [0.717, 1.165) is 41.5 Å². The third-order valence-electron chi connectivity index (χ3n) is 8.58. The first-order chi connectivity index (χ1) is 28.8. The van der Waals surface area contributed by atoms with Crippen LogP contribution in [0.1, 0.15) is 52.0 Å². The van der Waals surface area contributed by atoms with E-state index in [1.165, 1.54) is 18.2 Å². The van der Waals surface area contributed by atoms with Crippen LogP contribution in [0.4, 0.5) is 26.3 Å². The van der Waals surface area contributed by atoms with Crippen LogP contribution in [0.5, 0.6) is 0 Å². The van der Waals surface area contributed by atoms with Crippen molar-refractivity contribution >= 4 is 115 Å². The fourth-order valence-electron chi connectivity index (χ4n) is 5.95. The summed E-state index contributed by atoms with van der Waals surface area (Å²) in [5.74, 6) is 0. The molecule has 62 heavy (non-hydrogen) atoms. The van der Waals surface area contributed by atoms with Crippen LogP contribution in [0.25, 0.3) is 6.08 Å². The van der Waals surface area contributed by atoms with Crippen LogP contribution in [0.2, 0.25) is 19.6 Å². The molecule has 0 saturated heterocycles. The second-order valence-electron chi connectivity index (χ2n) is 14.6. The van der Waals surface area contributed by atoms with Crippen molar-refractivity contribution in [2.75, 3.05) is 0 Å². The molecule has 16 radical (unpaired) electrons. The van der Waals surface area contributed by atoms with Gasteiger partial charge in [0, 0.05) is 100 Å². The predicted octanol–water partition coefficient (Wildman–Crippen LogP) is 4.81. The van der Waals surface area contributed by atoms with Gasteiger partial charge in [0.15, 0.2) is 20.5 Å². The molecule has 0 aliphatic heterocycles. The molecule has 0 spiro atoms. The normalized spacial score (nSPS) is 12.2. The Hall–Kier alpha value is -4.09. The van der Waals surface area contributed by atoms with Gasteiger partial charge in [-0.2, -0.15) is 26.3 Å². The molecule has 23 heteroatoms. The summed E-state index contributed by atoms with van der Waals surface area (Å²) in [5.41, 5.74) is 33.6. The minimum absolute atomic E-state index is 0.0526. The number of aliphatic hydroxyl groups is 1. The van der Waals surface area contributed by atoms with E-state index >= 15 is 0 Å². The summed E-state index contributed by atoms with van der Waals surface area (Å²) in [4.78, 5) is 0. The van der Waals surface area contributed by atoms with Crippen molar-refractivity contribution in [1.82, 2.24) is 0 Å². The molecule has 2 aliphatic rings. The molecule has 2 atom stereocenters. The van der Waals surface area contributed by atoms with E-state index in [4.69, 9.17) is 71.4 Å². The summed E-state index contributed by atoms with van der Waals surface area (Å²) in [6.45, 7) is 11.9. The van der Waals surface area contributed by atoms with Crippen molar-refractivity contribution in [3.63, 3.8) is 0 Å². The Morgan fingerprint density at radius 3 is 1.44 bits per heavy atom. The van der Waals surface area contributed by atoms with E-state index in [0.29, 0.717) is 6.42 Å². The maximum atomic E-state index is 13.2. The molecule has 0 aromatic heterocycles. The number of hydrogen-bond acceptors (Lipinski definition) is 2. The van der Waals surface area contributed by atoms with Gasteiger partial charge in [-0.15, -0.1) is 0 Å². The molecule has 0 amide bonds. The van der Waals surface area contributed by atoms with Crippen LogP contribution in [0, 0.1) is 0 Å². The number of rotatable bonds is 9. The number of benzene rings is 2. The Kier molecular flexibility index (Phi) is 24.5. The Morgan fingerprint density at radius 2 is 1.03 bits per heavy atom. The van der Waals surface area contributed by atoms with Gasteiger partial charge in [-0.05, 0) is 149 Å². The molecule has 2 aromatic carbocycles. The summed E-state index contributed by atoms with van der Waals surface area (Å²) in [5, 5.41) is 9.06. The van der Waals surface area contributed by atoms with Crippen LogP contribution in [0.3, 0.4) is 0 Å². The zero-order valence-corrected chi connectivity index (χ0v) is 35.7. The van der Waals surface area contributed by atoms with Gasteiger partial charge in [0.1, 0.15) is 0 Å². The number of allylic oxidation sites excluding steroid dienone is 1. The quantitative estimate of drug-likeness (QED) is 0.224. The summed E-state index contributed by atoms with van der Waals surface area (Å²) < 4.78 is 81.6. The van der Waals surface area contributed by atoms with E-state index in [2.05, 4.69) is 81.9 Å². The third-order valence-corrected chi connectivity index (χ3v) is 9.53. The van der Waals surface area contributed by atoms with Crippen molar-refractivity contribution in [3.05, 3.63) is 158 Å². The maximum absolute atomic E-state index is 13.2. The van der Waals surface area contributed by atoms with E-state index in [1.807, 2.05) is 12.2 Å². The Balaban J connectivity index is 0.000000418. The lowest BCUT2D eigenvalue weighted by atomic mass is 8.47. The van der Waals surface area contributed by atoms with Crippen LogP contribution in [-0.2, 0) is 23.7 Å². The lowest BCUT2D eigenvalue weighted by Crippen LogP contribution is -2.72. The number of fused-ring (bicyclic) bond motifs is 2. The van der Waals surface area contributed by atoms with Crippen molar-refractivity contribution < 1.29 is 35.9 Å². The van der Waals surface area contributed by atoms with Crippen molar-refractivity contribution in [2.24, 2.45) is 0 Å². The van der Waals surface area contributed by atoms with Crippen LogP contribution in [-0.4, -0.2) is 126 Å². The first-order valence-electron chi connectivity index (χ1n) is 18.8. The largest absolute Gasteiger partial charge is 0.418 e. The summed E-state index contributed by atoms with van der Waals surface area (Å²) in [6, 6.07) is 9.40. The highest BCUT2D eigenvalue weighted by Crippen LogP contribution is 2.39. The topological polar surface area (TPSA) is 29.5 Å². The zero-order chi connectivity index (χ0) is 47.3. The van der Waals surface area contributed by atoms with Gasteiger partial charge in [0.05, 0.1) is 0 Å². The average molecular weight is 826 g/mol. The number of alkyl halides is 6. The highest BCUT2D eigenvalue weighted by Gasteiger charge is 2.44. The molecular formula is C39H32B14F6O2Si. The van der Waals surface area contributed by atoms with E-state index in [-0.39, 0.29) is 11.1 Å². The second-order valence-corrected chi connectivity index (χ2v) is 19.1. The summed E-state index contributed by atoms with van der Waals surface area (Å²) in [7, 11) is 41.8. The molecule has 2 aromatic rings. The molecule has 2 nitrogen and oxygen atoms in total. The Morgan fingerprint density at radius 1 is 0.613 bits per heavy atom. The van der Waals surface area contributed by atoms with Gasteiger partial charge < -0.3 is 9.53 Å². The average Bonchev–Trinajstić information content (AvgIpc) is 3.85. The van der Waals surface area contributed by atoms with Gasteiger partial charge in [0.2, 0.25) is 0 Å². The highest BCUT2D eigenvalue weighted by atomic mass is 28.4. The Bertz CT molecular complexity index is 2210. The van der Waals surface area contributed by atoms with Gasteiger partial charge in [-0.25, -0.2) is 0 Å². The van der Waals surface area contributed by atoms with Crippen LogP contribution < -0.4 is 0 Å². The first-order valence-corrected chi connectivity index (χ1v) is 22.3. The van der Waals surface area contributed by atoms with E-state index < -0.39 is 71.2 Å². The summed E-state index contributed by atoms with van der Waals surface area (Å²) >= 11 is 0. The molecule has 0 heterocycles. The smallest absolute Gasteiger partial charge is 0.403 e. The van der Waals surface area contributed by atoms with Crippen LogP contribution >= 0.6 is 0 Å². The number of halogens is 6. The standard InChI is InChI=1S/C14H17F3OSi.C14H4.C11H11F3O.B14/c1-19(2,3)18-13(14(15,16)17)12-8-7-10-5-4-6-11(10)9-12;1-3-5-7-9-11-13-14-12-10-8-6-4-2;12-11(13,14)10(15)9-5-4-7-2-1-3-8(7)6-9;1-9(2)13(10(3)4)14(11(5)6)12(7)8/h4-5,7-9,13H,6H2,1-3H3;1-2H2;4-6,10,15H,1-3H2;. The molecule has 2 aliphatic carbocycles. The van der Waals surface area contributed by atoms with Crippen LogP contribution in [0.15, 0.2) is 124 Å². The fourth-order valence-corrected chi connectivity index (χ4v) is 6.92. The minimum atomic E-state index is -4.58. The van der Waals surface area contributed by atoms with Gasteiger partial charge in [0.25, 0.3) is 0 Å².